The average Bonchev–Trinajstić information content (AvgIpc) is 2.84. The topological polar surface area (TPSA) is 12.9 Å². The molecule has 120 valence electrons. The van der Waals surface area contributed by atoms with Crippen molar-refractivity contribution in [2.24, 2.45) is 0 Å². The van der Waals surface area contributed by atoms with Crippen LogP contribution in [0.1, 0.15) is 50.3 Å². The number of hydrogen-bond donors (Lipinski definition) is 0. The first-order valence-corrected chi connectivity index (χ1v) is 8.70. The number of fused-ring (bicyclic) bond motifs is 3. The molecule has 0 spiro atoms. The van der Waals surface area contributed by atoms with Crippen molar-refractivity contribution in [1.29, 1.82) is 0 Å². The number of rotatable bonds is 2. The number of hydrogen-bond acceptors (Lipinski definition) is 1. The summed E-state index contributed by atoms with van der Waals surface area (Å²) < 4.78 is 0. The van der Waals surface area contributed by atoms with Gasteiger partial charge in [0.1, 0.15) is 0 Å². The van der Waals surface area contributed by atoms with Crippen molar-refractivity contribution < 1.29 is 0 Å². The van der Waals surface area contributed by atoms with E-state index in [1.165, 1.54) is 33.4 Å². The van der Waals surface area contributed by atoms with E-state index in [4.69, 9.17) is 4.98 Å². The van der Waals surface area contributed by atoms with Crippen LogP contribution in [-0.4, -0.2) is 4.98 Å². The van der Waals surface area contributed by atoms with Crippen LogP contribution in [0.25, 0.3) is 22.4 Å². The third-order valence-electron chi connectivity index (χ3n) is 5.31. The lowest BCUT2D eigenvalue weighted by Gasteiger charge is -2.24. The second-order valence-corrected chi connectivity index (χ2v) is 7.53. The molecule has 0 radical (unpaired) electrons. The molecule has 0 saturated carbocycles. The lowest BCUT2D eigenvalue weighted by atomic mass is 9.79. The van der Waals surface area contributed by atoms with Crippen LogP contribution in [0.2, 0.25) is 0 Å². The first kappa shape index (κ1) is 15.1. The van der Waals surface area contributed by atoms with E-state index in [1.54, 1.807) is 0 Å². The Morgan fingerprint density at radius 2 is 1.54 bits per heavy atom. The molecule has 0 aliphatic heterocycles. The van der Waals surface area contributed by atoms with E-state index >= 15 is 0 Å². The SMILES string of the molecule is CC(C)c1ccnc(-c2cccc3c2C(C)(C)c2ccccc2-3)c1. The highest BCUT2D eigenvalue weighted by Gasteiger charge is 2.37. The largest absolute Gasteiger partial charge is 0.256 e. The Morgan fingerprint density at radius 1 is 0.833 bits per heavy atom. The molecule has 0 amide bonds. The fourth-order valence-electron chi connectivity index (χ4n) is 4.01. The molecule has 4 rings (SSSR count). The fourth-order valence-corrected chi connectivity index (χ4v) is 4.01. The maximum Gasteiger partial charge on any atom is 0.0708 e. The molecule has 0 N–H and O–H groups in total. The van der Waals surface area contributed by atoms with Gasteiger partial charge >= 0.3 is 0 Å². The first-order chi connectivity index (χ1) is 11.5. The number of nitrogens with zero attached hydrogens (tertiary/aromatic N) is 1. The molecule has 3 aromatic rings. The van der Waals surface area contributed by atoms with Crippen LogP contribution in [0.15, 0.2) is 60.8 Å². The zero-order valence-electron chi connectivity index (χ0n) is 14.8. The molecule has 1 aliphatic carbocycles. The summed E-state index contributed by atoms with van der Waals surface area (Å²) in [7, 11) is 0. The highest BCUT2D eigenvalue weighted by atomic mass is 14.7. The molecule has 1 aromatic heterocycles. The van der Waals surface area contributed by atoms with E-state index in [0.29, 0.717) is 5.92 Å². The van der Waals surface area contributed by atoms with E-state index < -0.39 is 0 Å². The van der Waals surface area contributed by atoms with Crippen LogP contribution < -0.4 is 0 Å². The normalized spacial score (nSPS) is 14.5. The fraction of sp³-hybridized carbons (Fsp3) is 0.261. The van der Waals surface area contributed by atoms with Gasteiger partial charge in [-0.05, 0) is 45.9 Å². The molecule has 2 aromatic carbocycles. The van der Waals surface area contributed by atoms with Gasteiger partial charge in [-0.3, -0.25) is 4.98 Å². The van der Waals surface area contributed by atoms with Gasteiger partial charge in [0.2, 0.25) is 0 Å². The van der Waals surface area contributed by atoms with Crippen molar-refractivity contribution in [3.63, 3.8) is 0 Å². The molecule has 0 atom stereocenters. The number of pyridine rings is 1. The molecule has 1 heteroatoms. The van der Waals surface area contributed by atoms with E-state index in [9.17, 15) is 0 Å². The summed E-state index contributed by atoms with van der Waals surface area (Å²) in [4.78, 5) is 4.70. The molecule has 1 nitrogen and oxygen atoms in total. The summed E-state index contributed by atoms with van der Waals surface area (Å²) >= 11 is 0. The van der Waals surface area contributed by atoms with Gasteiger partial charge < -0.3 is 0 Å². The van der Waals surface area contributed by atoms with Crippen LogP contribution in [0, 0.1) is 0 Å². The summed E-state index contributed by atoms with van der Waals surface area (Å²) in [6.07, 6.45) is 1.94. The first-order valence-electron chi connectivity index (χ1n) is 8.70. The Balaban J connectivity index is 1.98. The van der Waals surface area contributed by atoms with Gasteiger partial charge in [0.25, 0.3) is 0 Å². The Labute approximate surface area is 144 Å². The Kier molecular flexibility index (Phi) is 3.35. The van der Waals surface area contributed by atoms with E-state index in [-0.39, 0.29) is 5.41 Å². The summed E-state index contributed by atoms with van der Waals surface area (Å²) in [6, 6.07) is 19.8. The minimum Gasteiger partial charge on any atom is -0.256 e. The Hall–Kier alpha value is -2.41. The van der Waals surface area contributed by atoms with E-state index in [1.807, 2.05) is 6.20 Å². The molecule has 0 fully saturated rings. The maximum absolute atomic E-state index is 4.70. The highest BCUT2D eigenvalue weighted by molar-refractivity contribution is 5.87. The summed E-state index contributed by atoms with van der Waals surface area (Å²) in [5.41, 5.74) is 9.20. The van der Waals surface area contributed by atoms with Gasteiger partial charge in [-0.15, -0.1) is 0 Å². The summed E-state index contributed by atoms with van der Waals surface area (Å²) in [5.74, 6) is 0.508. The maximum atomic E-state index is 4.70. The van der Waals surface area contributed by atoms with Crippen molar-refractivity contribution in [3.8, 4) is 22.4 Å². The molecular weight excluding hydrogens is 290 g/mol. The third kappa shape index (κ3) is 2.11. The van der Waals surface area contributed by atoms with Crippen LogP contribution in [0.4, 0.5) is 0 Å². The van der Waals surface area contributed by atoms with Crippen molar-refractivity contribution >= 4 is 0 Å². The number of aromatic nitrogens is 1. The Bertz CT molecular complexity index is 919. The van der Waals surface area contributed by atoms with Crippen molar-refractivity contribution in [3.05, 3.63) is 77.5 Å². The lowest BCUT2D eigenvalue weighted by Crippen LogP contribution is -2.16. The van der Waals surface area contributed by atoms with Crippen LogP contribution in [0.5, 0.6) is 0 Å². The molecule has 0 unspecified atom stereocenters. The van der Waals surface area contributed by atoms with Gasteiger partial charge in [-0.25, -0.2) is 0 Å². The molecule has 1 aliphatic rings. The van der Waals surface area contributed by atoms with Gasteiger partial charge in [0.05, 0.1) is 5.69 Å². The predicted molar refractivity (Wildman–Crippen MR) is 101 cm³/mol. The molecule has 1 heterocycles. The smallest absolute Gasteiger partial charge is 0.0708 e. The second kappa shape index (κ2) is 5.31. The average molecular weight is 313 g/mol. The summed E-state index contributed by atoms with van der Waals surface area (Å²) in [6.45, 7) is 9.11. The van der Waals surface area contributed by atoms with E-state index in [2.05, 4.69) is 82.3 Å². The van der Waals surface area contributed by atoms with Crippen LogP contribution >= 0.6 is 0 Å². The quantitative estimate of drug-likeness (QED) is 0.550. The molecule has 24 heavy (non-hydrogen) atoms. The second-order valence-electron chi connectivity index (χ2n) is 7.53. The van der Waals surface area contributed by atoms with Gasteiger partial charge in [0.15, 0.2) is 0 Å². The zero-order valence-corrected chi connectivity index (χ0v) is 14.8. The van der Waals surface area contributed by atoms with Crippen molar-refractivity contribution in [1.82, 2.24) is 4.98 Å². The van der Waals surface area contributed by atoms with Crippen molar-refractivity contribution in [2.45, 2.75) is 39.0 Å². The molecule has 0 bridgehead atoms. The number of benzene rings is 2. The van der Waals surface area contributed by atoms with E-state index in [0.717, 1.165) is 5.69 Å². The minimum absolute atomic E-state index is 0.00195. The van der Waals surface area contributed by atoms with Crippen molar-refractivity contribution in [2.75, 3.05) is 0 Å². The lowest BCUT2D eigenvalue weighted by molar-refractivity contribution is 0.661. The summed E-state index contributed by atoms with van der Waals surface area (Å²) in [5, 5.41) is 0. The third-order valence-corrected chi connectivity index (χ3v) is 5.31. The molecular formula is C23H23N. The standard InChI is InChI=1S/C23H23N/c1-15(2)16-12-13-24-21(14-16)19-10-7-9-18-17-8-5-6-11-20(17)23(3,4)22(18)19/h5-15H,1-4H3. The van der Waals surface area contributed by atoms with Crippen LogP contribution in [0.3, 0.4) is 0 Å². The Morgan fingerprint density at radius 3 is 2.33 bits per heavy atom. The van der Waals surface area contributed by atoms with Gasteiger partial charge in [-0.1, -0.05) is 70.2 Å². The van der Waals surface area contributed by atoms with Gasteiger partial charge in [0, 0.05) is 17.2 Å². The monoisotopic (exact) mass is 313 g/mol. The van der Waals surface area contributed by atoms with Gasteiger partial charge in [-0.2, -0.15) is 0 Å². The minimum atomic E-state index is -0.00195. The van der Waals surface area contributed by atoms with Crippen LogP contribution in [-0.2, 0) is 5.41 Å². The highest BCUT2D eigenvalue weighted by Crippen LogP contribution is 2.51. The molecule has 0 saturated heterocycles. The predicted octanol–water partition coefficient (Wildman–Crippen LogP) is 6.18. The zero-order chi connectivity index (χ0) is 16.9.